The average molecular weight is 293 g/mol. The second kappa shape index (κ2) is 6.15. The molecule has 0 radical (unpaired) electrons. The van der Waals surface area contributed by atoms with Gasteiger partial charge in [-0.15, -0.1) is 0 Å². The number of hydrogen-bond acceptors (Lipinski definition) is 4. The van der Waals surface area contributed by atoms with Crippen LogP contribution in [0.5, 0.6) is 0 Å². The number of piperidine rings is 1. The van der Waals surface area contributed by atoms with E-state index in [9.17, 15) is 9.59 Å². The molecule has 0 aromatic carbocycles. The van der Waals surface area contributed by atoms with E-state index in [0.29, 0.717) is 23.2 Å². The molecule has 1 saturated heterocycles. The quantitative estimate of drug-likeness (QED) is 0.842. The molecule has 1 aromatic rings. The van der Waals surface area contributed by atoms with Crippen LogP contribution in [0, 0.1) is 11.8 Å². The molecule has 2 atom stereocenters. The van der Waals surface area contributed by atoms with Crippen LogP contribution in [0.4, 0.5) is 5.82 Å². The molecule has 2 heterocycles. The summed E-state index contributed by atoms with van der Waals surface area (Å²) in [6.07, 6.45) is 2.70. The van der Waals surface area contributed by atoms with Gasteiger partial charge in [-0.1, -0.05) is 13.8 Å². The lowest BCUT2D eigenvalue weighted by atomic mass is 9.92. The fourth-order valence-corrected chi connectivity index (χ4v) is 2.94. The Morgan fingerprint density at radius 3 is 2.57 bits per heavy atom. The third-order valence-electron chi connectivity index (χ3n) is 3.72. The minimum atomic E-state index is -0.557. The fraction of sp³-hybridized carbons (Fsp3) is 0.643. The first-order valence-electron chi connectivity index (χ1n) is 7.22. The number of amides is 2. The molecule has 2 amide bonds. The minimum Gasteiger partial charge on any atom is -0.365 e. The van der Waals surface area contributed by atoms with Crippen LogP contribution in [0.2, 0.25) is 0 Å². The van der Waals surface area contributed by atoms with Gasteiger partial charge in [0.1, 0.15) is 5.56 Å². The zero-order valence-corrected chi connectivity index (χ0v) is 12.8. The van der Waals surface area contributed by atoms with Gasteiger partial charge in [0.2, 0.25) is 5.91 Å². The highest BCUT2D eigenvalue weighted by Gasteiger charge is 2.25. The molecule has 1 fully saturated rings. The summed E-state index contributed by atoms with van der Waals surface area (Å²) in [6, 6.07) is 0. The van der Waals surface area contributed by atoms with Crippen molar-refractivity contribution in [1.82, 2.24) is 14.7 Å². The van der Waals surface area contributed by atoms with Gasteiger partial charge in [-0.25, -0.2) is 0 Å². The molecule has 21 heavy (non-hydrogen) atoms. The number of carbonyl (C=O) groups is 2. The summed E-state index contributed by atoms with van der Waals surface area (Å²) in [7, 11) is 1.70. The standard InChI is InChI=1S/C14H23N5O2/c1-9-4-10(2)7-19(6-9)12(20)5-16-14-11(13(15)21)8-18(3)17-14/h8-10H,4-7H2,1-3H3,(H2,15,21)(H,16,17)/t9-,10-/m1/s1. The number of aryl methyl sites for hydroxylation is 1. The molecular formula is C14H23N5O2. The van der Waals surface area contributed by atoms with E-state index in [1.165, 1.54) is 4.68 Å². The Hall–Kier alpha value is -2.05. The highest BCUT2D eigenvalue weighted by atomic mass is 16.2. The van der Waals surface area contributed by atoms with E-state index in [1.807, 2.05) is 4.90 Å². The van der Waals surface area contributed by atoms with E-state index in [0.717, 1.165) is 19.5 Å². The fourth-order valence-electron chi connectivity index (χ4n) is 2.94. The maximum Gasteiger partial charge on any atom is 0.254 e. The SMILES string of the molecule is C[C@@H]1C[C@@H](C)CN(C(=O)CNc2nn(C)cc2C(N)=O)C1. The van der Waals surface area contributed by atoms with Crippen molar-refractivity contribution in [2.45, 2.75) is 20.3 Å². The summed E-state index contributed by atoms with van der Waals surface area (Å²) >= 11 is 0. The molecule has 1 aliphatic heterocycles. The lowest BCUT2D eigenvalue weighted by Crippen LogP contribution is -2.45. The molecule has 0 bridgehead atoms. The van der Waals surface area contributed by atoms with Gasteiger partial charge in [-0.2, -0.15) is 5.10 Å². The second-order valence-electron chi connectivity index (χ2n) is 6.03. The van der Waals surface area contributed by atoms with E-state index in [4.69, 9.17) is 5.73 Å². The van der Waals surface area contributed by atoms with Gasteiger partial charge in [0.15, 0.2) is 5.82 Å². The van der Waals surface area contributed by atoms with Gasteiger partial charge >= 0.3 is 0 Å². The van der Waals surface area contributed by atoms with Crippen LogP contribution < -0.4 is 11.1 Å². The van der Waals surface area contributed by atoms with Gasteiger partial charge in [0, 0.05) is 26.3 Å². The number of rotatable bonds is 4. The van der Waals surface area contributed by atoms with Gasteiger partial charge in [-0.3, -0.25) is 14.3 Å². The van der Waals surface area contributed by atoms with Gasteiger partial charge in [-0.05, 0) is 18.3 Å². The van der Waals surface area contributed by atoms with Crippen LogP contribution >= 0.6 is 0 Å². The topological polar surface area (TPSA) is 93.2 Å². The van der Waals surface area contributed by atoms with E-state index < -0.39 is 5.91 Å². The maximum absolute atomic E-state index is 12.3. The van der Waals surface area contributed by atoms with Crippen LogP contribution in [-0.2, 0) is 11.8 Å². The number of aromatic nitrogens is 2. The summed E-state index contributed by atoms with van der Waals surface area (Å²) in [4.78, 5) is 25.4. The first-order chi connectivity index (χ1) is 9.86. The van der Waals surface area contributed by atoms with E-state index in [-0.39, 0.29) is 12.5 Å². The number of likely N-dealkylation sites (tertiary alicyclic amines) is 1. The van der Waals surface area contributed by atoms with Crippen molar-refractivity contribution < 1.29 is 9.59 Å². The first-order valence-corrected chi connectivity index (χ1v) is 7.22. The normalized spacial score (nSPS) is 22.1. The zero-order chi connectivity index (χ0) is 15.6. The number of nitrogens with zero attached hydrogens (tertiary/aromatic N) is 3. The van der Waals surface area contributed by atoms with Crippen molar-refractivity contribution in [2.24, 2.45) is 24.6 Å². The number of primary amides is 1. The third kappa shape index (κ3) is 3.74. The third-order valence-corrected chi connectivity index (χ3v) is 3.72. The van der Waals surface area contributed by atoms with Crippen molar-refractivity contribution in [3.63, 3.8) is 0 Å². The number of nitrogens with two attached hydrogens (primary N) is 1. The smallest absolute Gasteiger partial charge is 0.254 e. The lowest BCUT2D eigenvalue weighted by molar-refractivity contribution is -0.131. The number of nitrogens with one attached hydrogen (secondary N) is 1. The van der Waals surface area contributed by atoms with Crippen molar-refractivity contribution in [1.29, 1.82) is 0 Å². The number of carbonyl (C=O) groups excluding carboxylic acids is 2. The van der Waals surface area contributed by atoms with Gasteiger partial charge in [0.05, 0.1) is 6.54 Å². The first kappa shape index (κ1) is 15.3. The Morgan fingerprint density at radius 2 is 2.00 bits per heavy atom. The average Bonchev–Trinajstić information content (AvgIpc) is 2.76. The molecule has 7 nitrogen and oxygen atoms in total. The predicted octanol–water partition coefficient (Wildman–Crippen LogP) is 0.435. The Kier molecular flexibility index (Phi) is 4.50. The largest absolute Gasteiger partial charge is 0.365 e. The molecule has 1 aromatic heterocycles. The molecule has 1 aliphatic rings. The summed E-state index contributed by atoms with van der Waals surface area (Å²) in [5.41, 5.74) is 5.58. The summed E-state index contributed by atoms with van der Waals surface area (Å²) in [5, 5.41) is 7.03. The Bertz CT molecular complexity index is 529. The summed E-state index contributed by atoms with van der Waals surface area (Å²) in [5.74, 6) is 0.867. The molecule has 3 N–H and O–H groups in total. The molecule has 0 spiro atoms. The lowest BCUT2D eigenvalue weighted by Gasteiger charge is -2.35. The number of hydrogen-bond donors (Lipinski definition) is 2. The molecule has 0 unspecified atom stereocenters. The highest BCUT2D eigenvalue weighted by molar-refractivity contribution is 5.97. The van der Waals surface area contributed by atoms with Crippen LogP contribution in [0.25, 0.3) is 0 Å². The van der Waals surface area contributed by atoms with E-state index in [1.54, 1.807) is 13.2 Å². The predicted molar refractivity (Wildman–Crippen MR) is 79.7 cm³/mol. The molecule has 0 saturated carbocycles. The molecule has 7 heteroatoms. The van der Waals surface area contributed by atoms with Gasteiger partial charge in [0.25, 0.3) is 5.91 Å². The van der Waals surface area contributed by atoms with Gasteiger partial charge < -0.3 is 16.0 Å². The Labute approximate surface area is 124 Å². The molecule has 2 rings (SSSR count). The summed E-state index contributed by atoms with van der Waals surface area (Å²) in [6.45, 7) is 6.02. The second-order valence-corrected chi connectivity index (χ2v) is 6.03. The zero-order valence-electron chi connectivity index (χ0n) is 12.8. The monoisotopic (exact) mass is 293 g/mol. The van der Waals surface area contributed by atoms with Crippen molar-refractivity contribution >= 4 is 17.6 Å². The molecule has 0 aliphatic carbocycles. The summed E-state index contributed by atoms with van der Waals surface area (Å²) < 4.78 is 1.50. The van der Waals surface area contributed by atoms with E-state index >= 15 is 0 Å². The van der Waals surface area contributed by atoms with Crippen LogP contribution in [-0.4, -0.2) is 46.1 Å². The minimum absolute atomic E-state index is 0.0227. The maximum atomic E-state index is 12.3. The molecular weight excluding hydrogens is 270 g/mol. The number of anilines is 1. The van der Waals surface area contributed by atoms with Crippen LogP contribution in [0.15, 0.2) is 6.20 Å². The Balaban J connectivity index is 1.96. The Morgan fingerprint density at radius 1 is 1.38 bits per heavy atom. The van der Waals surface area contributed by atoms with Crippen LogP contribution in [0.1, 0.15) is 30.6 Å². The van der Waals surface area contributed by atoms with Crippen LogP contribution in [0.3, 0.4) is 0 Å². The molecule has 116 valence electrons. The van der Waals surface area contributed by atoms with Crippen molar-refractivity contribution in [2.75, 3.05) is 25.0 Å². The highest BCUT2D eigenvalue weighted by Crippen LogP contribution is 2.21. The van der Waals surface area contributed by atoms with Crippen molar-refractivity contribution in [3.8, 4) is 0 Å². The van der Waals surface area contributed by atoms with Crippen molar-refractivity contribution in [3.05, 3.63) is 11.8 Å². The van der Waals surface area contributed by atoms with E-state index in [2.05, 4.69) is 24.3 Å².